The van der Waals surface area contributed by atoms with Gasteiger partial charge in [-0.3, -0.25) is 4.79 Å². The smallest absolute Gasteiger partial charge is 0.250 e. The van der Waals surface area contributed by atoms with Gasteiger partial charge in [-0.1, -0.05) is 0 Å². The predicted molar refractivity (Wildman–Crippen MR) is 57.5 cm³/mol. The van der Waals surface area contributed by atoms with E-state index >= 15 is 0 Å². The lowest BCUT2D eigenvalue weighted by Gasteiger charge is -2.11. The van der Waals surface area contributed by atoms with Crippen molar-refractivity contribution in [2.24, 2.45) is 5.73 Å². The van der Waals surface area contributed by atoms with E-state index in [0.717, 1.165) is 6.54 Å². The Kier molecular flexibility index (Phi) is 5.71. The van der Waals surface area contributed by atoms with Gasteiger partial charge in [0, 0.05) is 20.1 Å². The van der Waals surface area contributed by atoms with Crippen molar-refractivity contribution in [2.75, 3.05) is 34.2 Å². The Morgan fingerprint density at radius 2 is 2.00 bits per heavy atom. The van der Waals surface area contributed by atoms with Crippen LogP contribution in [0, 0.1) is 0 Å². The molecule has 1 amide bonds. The summed E-state index contributed by atoms with van der Waals surface area (Å²) in [5.41, 5.74) is 6.07. The zero-order valence-electron chi connectivity index (χ0n) is 9.35. The third-order valence-electron chi connectivity index (χ3n) is 1.86. The molecular weight excluding hydrogens is 180 g/mol. The van der Waals surface area contributed by atoms with Crippen molar-refractivity contribution < 1.29 is 4.79 Å². The van der Waals surface area contributed by atoms with Crippen LogP contribution in [-0.2, 0) is 4.79 Å². The molecule has 82 valence electrons. The molecule has 4 N–H and O–H groups in total. The summed E-state index contributed by atoms with van der Waals surface area (Å²) in [4.78, 5) is 13.4. The first-order valence-corrected chi connectivity index (χ1v) is 4.56. The largest absolute Gasteiger partial charge is 0.385 e. The topological polar surface area (TPSA) is 70.4 Å². The van der Waals surface area contributed by atoms with Crippen LogP contribution < -0.4 is 16.4 Å². The van der Waals surface area contributed by atoms with E-state index in [-0.39, 0.29) is 5.91 Å². The summed E-state index contributed by atoms with van der Waals surface area (Å²) in [6.07, 6.45) is 0. The lowest BCUT2D eigenvalue weighted by Crippen LogP contribution is -2.33. The number of carbonyl (C=O) groups is 1. The van der Waals surface area contributed by atoms with Crippen molar-refractivity contribution in [1.82, 2.24) is 15.5 Å². The van der Waals surface area contributed by atoms with Crippen LogP contribution in [0.3, 0.4) is 0 Å². The molecule has 5 heteroatoms. The minimum absolute atomic E-state index is 0.126. The summed E-state index contributed by atoms with van der Waals surface area (Å²) in [6, 6.07) is 0. The van der Waals surface area contributed by atoms with Crippen molar-refractivity contribution in [2.45, 2.75) is 6.92 Å². The average Bonchev–Trinajstić information content (AvgIpc) is 2.14. The van der Waals surface area contributed by atoms with Gasteiger partial charge in [-0.2, -0.15) is 0 Å². The van der Waals surface area contributed by atoms with E-state index in [1.807, 2.05) is 19.0 Å². The Balaban J connectivity index is 3.97. The molecule has 0 aliphatic carbocycles. The minimum Gasteiger partial charge on any atom is -0.385 e. The van der Waals surface area contributed by atoms with Crippen molar-refractivity contribution in [3.8, 4) is 0 Å². The summed E-state index contributed by atoms with van der Waals surface area (Å²) in [6.45, 7) is 3.13. The van der Waals surface area contributed by atoms with Gasteiger partial charge in [0.15, 0.2) is 0 Å². The maximum absolute atomic E-state index is 11.4. The summed E-state index contributed by atoms with van der Waals surface area (Å²) in [5.74, 6) is 0.283. The molecule has 0 aromatic heterocycles. The van der Waals surface area contributed by atoms with Crippen molar-refractivity contribution in [3.63, 3.8) is 0 Å². The monoisotopic (exact) mass is 200 g/mol. The van der Waals surface area contributed by atoms with Gasteiger partial charge in [0.25, 0.3) is 5.91 Å². The molecule has 5 nitrogen and oxygen atoms in total. The van der Waals surface area contributed by atoms with Gasteiger partial charge >= 0.3 is 0 Å². The van der Waals surface area contributed by atoms with Gasteiger partial charge in [-0.05, 0) is 21.0 Å². The quantitative estimate of drug-likeness (QED) is 0.502. The first-order valence-electron chi connectivity index (χ1n) is 4.56. The Hall–Kier alpha value is -1.23. The number of rotatable bonds is 5. The molecular formula is C9H20N4O. The van der Waals surface area contributed by atoms with E-state index in [9.17, 15) is 4.79 Å². The Morgan fingerprint density at radius 3 is 2.43 bits per heavy atom. The van der Waals surface area contributed by atoms with E-state index in [0.29, 0.717) is 17.9 Å². The molecule has 0 heterocycles. The predicted octanol–water partition coefficient (Wildman–Crippen LogP) is -0.926. The number of hydrogen-bond acceptors (Lipinski definition) is 4. The highest BCUT2D eigenvalue weighted by molar-refractivity contribution is 5.93. The molecule has 0 aromatic carbocycles. The maximum atomic E-state index is 11.4. The summed E-state index contributed by atoms with van der Waals surface area (Å²) >= 11 is 0. The van der Waals surface area contributed by atoms with Crippen LogP contribution in [0.5, 0.6) is 0 Å². The minimum atomic E-state index is -0.126. The number of carbonyl (C=O) groups excluding carboxylic acids is 1. The standard InChI is InChI=1S/C9H20N4O/c1-7(8(10)11-2)9(14)12-5-6-13(3)4/h11H,5-6,10H2,1-4H3,(H,12,14)/b8-7-. The van der Waals surface area contributed by atoms with E-state index in [4.69, 9.17) is 5.73 Å². The third-order valence-corrected chi connectivity index (χ3v) is 1.86. The lowest BCUT2D eigenvalue weighted by atomic mass is 10.3. The molecule has 0 aliphatic rings. The Morgan fingerprint density at radius 1 is 1.43 bits per heavy atom. The first kappa shape index (κ1) is 12.8. The number of nitrogens with zero attached hydrogens (tertiary/aromatic N) is 1. The number of nitrogens with two attached hydrogens (primary N) is 1. The van der Waals surface area contributed by atoms with E-state index < -0.39 is 0 Å². The molecule has 0 aliphatic heterocycles. The van der Waals surface area contributed by atoms with Gasteiger partial charge in [-0.25, -0.2) is 0 Å². The number of nitrogens with one attached hydrogen (secondary N) is 2. The van der Waals surface area contributed by atoms with Crippen LogP contribution in [0.15, 0.2) is 11.4 Å². The second kappa shape index (κ2) is 6.26. The summed E-state index contributed by atoms with van der Waals surface area (Å²) < 4.78 is 0. The average molecular weight is 200 g/mol. The fourth-order valence-corrected chi connectivity index (χ4v) is 0.835. The number of hydrogen-bond donors (Lipinski definition) is 3. The molecule has 0 saturated carbocycles. The van der Waals surface area contributed by atoms with Gasteiger partial charge in [0.1, 0.15) is 5.82 Å². The fourth-order valence-electron chi connectivity index (χ4n) is 0.835. The summed E-state index contributed by atoms with van der Waals surface area (Å²) in [7, 11) is 5.60. The van der Waals surface area contributed by atoms with Gasteiger partial charge < -0.3 is 21.3 Å². The second-order valence-corrected chi connectivity index (χ2v) is 3.35. The van der Waals surface area contributed by atoms with E-state index in [1.54, 1.807) is 14.0 Å². The molecule has 0 atom stereocenters. The molecule has 0 bridgehead atoms. The molecule has 0 rings (SSSR count). The third kappa shape index (κ3) is 4.71. The molecule has 0 unspecified atom stereocenters. The fraction of sp³-hybridized carbons (Fsp3) is 0.667. The van der Waals surface area contributed by atoms with Crippen molar-refractivity contribution in [3.05, 3.63) is 11.4 Å². The Bertz CT molecular complexity index is 223. The normalized spacial score (nSPS) is 12.4. The Labute approximate surface area is 85.3 Å². The van der Waals surface area contributed by atoms with Crippen LogP contribution >= 0.6 is 0 Å². The van der Waals surface area contributed by atoms with Crippen LogP contribution in [0.1, 0.15) is 6.92 Å². The van der Waals surface area contributed by atoms with Gasteiger partial charge in [0.2, 0.25) is 0 Å². The number of likely N-dealkylation sites (N-methyl/N-ethyl adjacent to an activating group) is 1. The zero-order chi connectivity index (χ0) is 11.1. The molecule has 0 saturated heterocycles. The maximum Gasteiger partial charge on any atom is 0.250 e. The highest BCUT2D eigenvalue weighted by Crippen LogP contribution is 1.93. The SMILES string of the molecule is CN/C(N)=C(/C)C(=O)NCCN(C)C. The molecule has 14 heavy (non-hydrogen) atoms. The molecule has 0 radical (unpaired) electrons. The highest BCUT2D eigenvalue weighted by Gasteiger charge is 2.06. The van der Waals surface area contributed by atoms with Crippen molar-refractivity contribution >= 4 is 5.91 Å². The van der Waals surface area contributed by atoms with E-state index in [2.05, 4.69) is 10.6 Å². The van der Waals surface area contributed by atoms with Crippen LogP contribution in [0.2, 0.25) is 0 Å². The van der Waals surface area contributed by atoms with E-state index in [1.165, 1.54) is 0 Å². The highest BCUT2D eigenvalue weighted by atomic mass is 16.1. The number of amides is 1. The first-order chi connectivity index (χ1) is 6.49. The van der Waals surface area contributed by atoms with Gasteiger partial charge in [-0.15, -0.1) is 0 Å². The molecule has 0 fully saturated rings. The van der Waals surface area contributed by atoms with Crippen LogP contribution in [0.4, 0.5) is 0 Å². The van der Waals surface area contributed by atoms with Crippen LogP contribution in [-0.4, -0.2) is 45.0 Å². The zero-order valence-corrected chi connectivity index (χ0v) is 9.35. The molecule has 0 spiro atoms. The van der Waals surface area contributed by atoms with Crippen molar-refractivity contribution in [1.29, 1.82) is 0 Å². The van der Waals surface area contributed by atoms with Crippen LogP contribution in [0.25, 0.3) is 0 Å². The van der Waals surface area contributed by atoms with Gasteiger partial charge in [0.05, 0.1) is 5.57 Å². The molecule has 0 aromatic rings. The summed E-state index contributed by atoms with van der Waals surface area (Å²) in [5, 5.41) is 5.50. The lowest BCUT2D eigenvalue weighted by molar-refractivity contribution is -0.117. The second-order valence-electron chi connectivity index (χ2n) is 3.35.